The standard InChI is InChI=1S/C10H17N3/c1-5-10(3,4)13-9-11-6-8(2)7-12-9/h6-7H,5H2,1-4H3,(H,11,12,13). The molecule has 0 aliphatic rings. The van der Waals surface area contributed by atoms with Crippen LogP contribution in [0.5, 0.6) is 0 Å². The van der Waals surface area contributed by atoms with Gasteiger partial charge in [-0.2, -0.15) is 0 Å². The van der Waals surface area contributed by atoms with Crippen molar-refractivity contribution in [2.75, 3.05) is 5.32 Å². The Bertz CT molecular complexity index is 264. The Morgan fingerprint density at radius 1 is 1.31 bits per heavy atom. The van der Waals surface area contributed by atoms with E-state index < -0.39 is 0 Å². The Hall–Kier alpha value is -1.12. The summed E-state index contributed by atoms with van der Waals surface area (Å²) in [5, 5.41) is 3.27. The molecule has 1 rings (SSSR count). The smallest absolute Gasteiger partial charge is 0.223 e. The number of anilines is 1. The van der Waals surface area contributed by atoms with Gasteiger partial charge in [-0.1, -0.05) is 6.92 Å². The molecule has 0 aliphatic carbocycles. The number of rotatable bonds is 3. The predicted octanol–water partition coefficient (Wildman–Crippen LogP) is 2.39. The molecule has 0 spiro atoms. The van der Waals surface area contributed by atoms with Crippen LogP contribution in [0.1, 0.15) is 32.8 Å². The first-order valence-corrected chi connectivity index (χ1v) is 4.60. The topological polar surface area (TPSA) is 37.8 Å². The van der Waals surface area contributed by atoms with Crippen molar-refractivity contribution in [1.29, 1.82) is 0 Å². The molecule has 0 saturated carbocycles. The molecule has 1 aromatic rings. The summed E-state index contributed by atoms with van der Waals surface area (Å²) >= 11 is 0. The molecule has 13 heavy (non-hydrogen) atoms. The van der Waals surface area contributed by atoms with Crippen LogP contribution in [-0.4, -0.2) is 15.5 Å². The highest BCUT2D eigenvalue weighted by Crippen LogP contribution is 2.13. The lowest BCUT2D eigenvalue weighted by molar-refractivity contribution is 0.542. The van der Waals surface area contributed by atoms with Crippen molar-refractivity contribution in [2.45, 2.75) is 39.7 Å². The predicted molar refractivity (Wildman–Crippen MR) is 54.8 cm³/mol. The third-order valence-corrected chi connectivity index (χ3v) is 2.12. The van der Waals surface area contributed by atoms with Crippen molar-refractivity contribution in [3.05, 3.63) is 18.0 Å². The Morgan fingerprint density at radius 3 is 2.31 bits per heavy atom. The molecule has 0 unspecified atom stereocenters. The zero-order chi connectivity index (χ0) is 9.90. The maximum absolute atomic E-state index is 4.19. The fourth-order valence-electron chi connectivity index (χ4n) is 0.848. The molecule has 0 fully saturated rings. The van der Waals surface area contributed by atoms with E-state index in [0.29, 0.717) is 5.95 Å². The van der Waals surface area contributed by atoms with Crippen molar-refractivity contribution in [3.8, 4) is 0 Å². The number of nitrogens with one attached hydrogen (secondary N) is 1. The molecule has 0 aromatic carbocycles. The van der Waals surface area contributed by atoms with E-state index in [1.165, 1.54) is 0 Å². The minimum Gasteiger partial charge on any atom is -0.349 e. The van der Waals surface area contributed by atoms with Crippen LogP contribution < -0.4 is 5.32 Å². The molecule has 72 valence electrons. The summed E-state index contributed by atoms with van der Waals surface area (Å²) in [6.07, 6.45) is 4.69. The molecular formula is C10H17N3. The molecule has 0 radical (unpaired) electrons. The summed E-state index contributed by atoms with van der Waals surface area (Å²) < 4.78 is 0. The molecule has 3 nitrogen and oxygen atoms in total. The maximum Gasteiger partial charge on any atom is 0.223 e. The summed E-state index contributed by atoms with van der Waals surface area (Å²) in [5.74, 6) is 0.706. The van der Waals surface area contributed by atoms with Crippen molar-refractivity contribution < 1.29 is 0 Å². The SMILES string of the molecule is CCC(C)(C)Nc1ncc(C)cn1. The highest BCUT2D eigenvalue weighted by Gasteiger charge is 2.14. The average Bonchev–Trinajstić information content (AvgIpc) is 2.09. The van der Waals surface area contributed by atoms with Crippen LogP contribution in [0, 0.1) is 6.92 Å². The summed E-state index contributed by atoms with van der Waals surface area (Å²) in [5.41, 5.74) is 1.15. The van der Waals surface area contributed by atoms with E-state index in [1.54, 1.807) is 0 Å². The van der Waals surface area contributed by atoms with Crippen LogP contribution in [0.25, 0.3) is 0 Å². The van der Waals surface area contributed by atoms with Crippen LogP contribution in [0.2, 0.25) is 0 Å². The van der Waals surface area contributed by atoms with Gasteiger partial charge in [0.25, 0.3) is 0 Å². The fourth-order valence-corrected chi connectivity index (χ4v) is 0.848. The van der Waals surface area contributed by atoms with Gasteiger partial charge in [0.2, 0.25) is 5.95 Å². The Balaban J connectivity index is 2.69. The van der Waals surface area contributed by atoms with Crippen molar-refractivity contribution in [1.82, 2.24) is 9.97 Å². The second-order valence-corrected chi connectivity index (χ2v) is 3.95. The van der Waals surface area contributed by atoms with Gasteiger partial charge in [0.05, 0.1) is 0 Å². The lowest BCUT2D eigenvalue weighted by Gasteiger charge is -2.24. The lowest BCUT2D eigenvalue weighted by Crippen LogP contribution is -2.30. The molecule has 0 bridgehead atoms. The van der Waals surface area contributed by atoms with Gasteiger partial charge in [-0.3, -0.25) is 0 Å². The van der Waals surface area contributed by atoms with Gasteiger partial charge in [0.15, 0.2) is 0 Å². The highest BCUT2D eigenvalue weighted by molar-refractivity contribution is 5.28. The minimum atomic E-state index is 0.0647. The third-order valence-electron chi connectivity index (χ3n) is 2.12. The van der Waals surface area contributed by atoms with Gasteiger partial charge in [-0.05, 0) is 32.8 Å². The van der Waals surface area contributed by atoms with Gasteiger partial charge in [0.1, 0.15) is 0 Å². The molecule has 1 N–H and O–H groups in total. The van der Waals surface area contributed by atoms with Crippen LogP contribution in [0.3, 0.4) is 0 Å². The Labute approximate surface area is 79.6 Å². The quantitative estimate of drug-likeness (QED) is 0.774. The lowest BCUT2D eigenvalue weighted by atomic mass is 10.0. The summed E-state index contributed by atoms with van der Waals surface area (Å²) in [7, 11) is 0. The molecule has 1 aromatic heterocycles. The van der Waals surface area contributed by atoms with Gasteiger partial charge >= 0.3 is 0 Å². The maximum atomic E-state index is 4.19. The first-order valence-electron chi connectivity index (χ1n) is 4.60. The van der Waals surface area contributed by atoms with E-state index in [1.807, 2.05) is 19.3 Å². The number of hydrogen-bond acceptors (Lipinski definition) is 3. The van der Waals surface area contributed by atoms with Gasteiger partial charge < -0.3 is 5.32 Å². The summed E-state index contributed by atoms with van der Waals surface area (Å²) in [6.45, 7) is 8.39. The van der Waals surface area contributed by atoms with E-state index in [-0.39, 0.29) is 5.54 Å². The molecule has 3 heteroatoms. The molecular weight excluding hydrogens is 162 g/mol. The largest absolute Gasteiger partial charge is 0.349 e. The zero-order valence-corrected chi connectivity index (χ0v) is 8.76. The van der Waals surface area contributed by atoms with E-state index in [2.05, 4.69) is 36.1 Å². The number of nitrogens with zero attached hydrogens (tertiary/aromatic N) is 2. The first-order chi connectivity index (χ1) is 6.03. The molecule has 0 atom stereocenters. The summed E-state index contributed by atoms with van der Waals surface area (Å²) in [4.78, 5) is 8.38. The van der Waals surface area contributed by atoms with Crippen molar-refractivity contribution in [3.63, 3.8) is 0 Å². The summed E-state index contributed by atoms with van der Waals surface area (Å²) in [6, 6.07) is 0. The Morgan fingerprint density at radius 2 is 1.85 bits per heavy atom. The fraction of sp³-hybridized carbons (Fsp3) is 0.600. The first kappa shape index (κ1) is 9.96. The van der Waals surface area contributed by atoms with Crippen LogP contribution >= 0.6 is 0 Å². The second-order valence-electron chi connectivity index (χ2n) is 3.95. The molecule has 0 amide bonds. The zero-order valence-electron chi connectivity index (χ0n) is 8.76. The van der Waals surface area contributed by atoms with Crippen LogP contribution in [0.4, 0.5) is 5.95 Å². The van der Waals surface area contributed by atoms with Gasteiger partial charge in [0, 0.05) is 17.9 Å². The third kappa shape index (κ3) is 3.01. The minimum absolute atomic E-state index is 0.0647. The van der Waals surface area contributed by atoms with Crippen molar-refractivity contribution in [2.24, 2.45) is 0 Å². The number of aromatic nitrogens is 2. The molecule has 1 heterocycles. The average molecular weight is 179 g/mol. The van der Waals surface area contributed by atoms with Gasteiger partial charge in [-0.15, -0.1) is 0 Å². The van der Waals surface area contributed by atoms with E-state index >= 15 is 0 Å². The number of aryl methyl sites for hydroxylation is 1. The second kappa shape index (κ2) is 3.73. The number of hydrogen-bond donors (Lipinski definition) is 1. The highest BCUT2D eigenvalue weighted by atomic mass is 15.1. The Kier molecular flexibility index (Phi) is 2.86. The van der Waals surface area contributed by atoms with Crippen molar-refractivity contribution >= 4 is 5.95 Å². The monoisotopic (exact) mass is 179 g/mol. The van der Waals surface area contributed by atoms with Gasteiger partial charge in [-0.25, -0.2) is 9.97 Å². The van der Waals surface area contributed by atoms with E-state index in [9.17, 15) is 0 Å². The molecule has 0 aliphatic heterocycles. The normalized spacial score (nSPS) is 11.4. The van der Waals surface area contributed by atoms with Crippen LogP contribution in [-0.2, 0) is 0 Å². The molecule has 0 saturated heterocycles. The van der Waals surface area contributed by atoms with E-state index in [0.717, 1.165) is 12.0 Å². The van der Waals surface area contributed by atoms with E-state index in [4.69, 9.17) is 0 Å². The van der Waals surface area contributed by atoms with Crippen LogP contribution in [0.15, 0.2) is 12.4 Å².